The largest absolute Gasteiger partial charge is 0.337 e. The van der Waals surface area contributed by atoms with Gasteiger partial charge >= 0.3 is 0 Å². The number of H-pyrrole nitrogens is 1. The fourth-order valence-corrected chi connectivity index (χ4v) is 3.75. The van der Waals surface area contributed by atoms with Gasteiger partial charge < -0.3 is 9.80 Å². The third-order valence-corrected chi connectivity index (χ3v) is 5.38. The van der Waals surface area contributed by atoms with Crippen molar-refractivity contribution in [2.45, 2.75) is 26.8 Å². The molecule has 3 heterocycles. The standard InChI is InChI=1S/C20H24N6O2/c1-3-26-14(2)16(13-21-26)19(27)24-9-6-10-25(12-11-24)20(28)18-15-7-4-5-8-17(15)22-23-18/h4-5,7-8,13H,3,6,9-12H2,1-2H3,(H,22,23). The molecule has 1 N–H and O–H groups in total. The first-order chi connectivity index (χ1) is 13.6. The molecule has 0 bridgehead atoms. The van der Waals surface area contributed by atoms with Crippen LogP contribution in [0.4, 0.5) is 0 Å². The number of carbonyl (C=O) groups excluding carboxylic acids is 2. The highest BCUT2D eigenvalue weighted by Gasteiger charge is 2.27. The minimum absolute atomic E-state index is 0.0169. The van der Waals surface area contributed by atoms with Crippen molar-refractivity contribution in [3.8, 4) is 0 Å². The molecule has 28 heavy (non-hydrogen) atoms. The van der Waals surface area contributed by atoms with Gasteiger partial charge in [0, 0.05) is 43.8 Å². The molecular weight excluding hydrogens is 356 g/mol. The Morgan fingerprint density at radius 1 is 1.07 bits per heavy atom. The number of nitrogens with one attached hydrogen (secondary N) is 1. The Morgan fingerprint density at radius 3 is 2.50 bits per heavy atom. The molecule has 0 atom stereocenters. The molecule has 0 saturated carbocycles. The van der Waals surface area contributed by atoms with E-state index in [-0.39, 0.29) is 11.8 Å². The summed E-state index contributed by atoms with van der Waals surface area (Å²) in [5, 5.41) is 12.2. The first-order valence-electron chi connectivity index (χ1n) is 9.64. The number of amides is 2. The van der Waals surface area contributed by atoms with Crippen LogP contribution >= 0.6 is 0 Å². The molecule has 0 radical (unpaired) electrons. The number of rotatable bonds is 3. The van der Waals surface area contributed by atoms with Crippen LogP contribution < -0.4 is 0 Å². The second-order valence-corrected chi connectivity index (χ2v) is 7.02. The van der Waals surface area contributed by atoms with Crippen LogP contribution in [-0.4, -0.2) is 67.8 Å². The SMILES string of the molecule is CCn1ncc(C(=O)N2CCCN(C(=O)c3n[nH]c4ccccc34)CC2)c1C. The van der Waals surface area contributed by atoms with Gasteiger partial charge in [0.15, 0.2) is 5.69 Å². The summed E-state index contributed by atoms with van der Waals surface area (Å²) in [4.78, 5) is 29.5. The van der Waals surface area contributed by atoms with Crippen molar-refractivity contribution in [1.82, 2.24) is 29.8 Å². The van der Waals surface area contributed by atoms with Crippen LogP contribution in [0, 0.1) is 6.92 Å². The van der Waals surface area contributed by atoms with Crippen LogP contribution in [0.15, 0.2) is 30.5 Å². The lowest BCUT2D eigenvalue weighted by molar-refractivity contribution is 0.0716. The van der Waals surface area contributed by atoms with Crippen LogP contribution in [0.25, 0.3) is 10.9 Å². The number of aromatic nitrogens is 4. The number of para-hydroxylation sites is 1. The van der Waals surface area contributed by atoms with E-state index in [1.807, 2.05) is 47.7 Å². The van der Waals surface area contributed by atoms with Crippen LogP contribution in [0.3, 0.4) is 0 Å². The van der Waals surface area contributed by atoms with Crippen molar-refractivity contribution in [2.24, 2.45) is 0 Å². The molecule has 0 unspecified atom stereocenters. The third-order valence-electron chi connectivity index (χ3n) is 5.38. The molecule has 1 aliphatic rings. The lowest BCUT2D eigenvalue weighted by Gasteiger charge is -2.21. The number of carbonyl (C=O) groups is 2. The Morgan fingerprint density at radius 2 is 1.79 bits per heavy atom. The molecule has 2 amide bonds. The van der Waals surface area contributed by atoms with Gasteiger partial charge in [-0.15, -0.1) is 0 Å². The molecular formula is C20H24N6O2. The lowest BCUT2D eigenvalue weighted by atomic mass is 10.2. The quantitative estimate of drug-likeness (QED) is 0.754. The lowest BCUT2D eigenvalue weighted by Crippen LogP contribution is -2.37. The van der Waals surface area contributed by atoms with E-state index in [4.69, 9.17) is 0 Å². The number of benzene rings is 1. The van der Waals surface area contributed by atoms with Gasteiger partial charge in [-0.25, -0.2) is 0 Å². The minimum atomic E-state index is -0.0956. The van der Waals surface area contributed by atoms with Gasteiger partial charge in [-0.1, -0.05) is 18.2 Å². The third kappa shape index (κ3) is 3.15. The fourth-order valence-electron chi connectivity index (χ4n) is 3.75. The van der Waals surface area contributed by atoms with E-state index in [0.717, 1.165) is 29.6 Å². The van der Waals surface area contributed by atoms with Gasteiger partial charge in [0.1, 0.15) is 0 Å². The first-order valence-corrected chi connectivity index (χ1v) is 9.64. The summed E-state index contributed by atoms with van der Waals surface area (Å²) in [6.07, 6.45) is 2.38. The maximum absolute atomic E-state index is 13.0. The average molecular weight is 380 g/mol. The zero-order chi connectivity index (χ0) is 19.7. The Bertz CT molecular complexity index is 1020. The van der Waals surface area contributed by atoms with E-state index in [0.29, 0.717) is 37.4 Å². The summed E-state index contributed by atoms with van der Waals surface area (Å²) in [6, 6.07) is 7.61. The molecule has 146 valence electrons. The summed E-state index contributed by atoms with van der Waals surface area (Å²) in [5.41, 5.74) is 2.81. The van der Waals surface area contributed by atoms with E-state index in [1.54, 1.807) is 11.1 Å². The van der Waals surface area contributed by atoms with Crippen LogP contribution in [-0.2, 0) is 6.54 Å². The Labute approximate surface area is 163 Å². The van der Waals surface area contributed by atoms with E-state index in [2.05, 4.69) is 15.3 Å². The number of nitrogens with zero attached hydrogens (tertiary/aromatic N) is 5. The number of aromatic amines is 1. The van der Waals surface area contributed by atoms with Crippen molar-refractivity contribution in [2.75, 3.05) is 26.2 Å². The molecule has 1 saturated heterocycles. The molecule has 4 rings (SSSR count). The second kappa shape index (κ2) is 7.46. The van der Waals surface area contributed by atoms with Gasteiger partial charge in [0.2, 0.25) is 0 Å². The molecule has 0 spiro atoms. The van der Waals surface area contributed by atoms with Gasteiger partial charge in [0.25, 0.3) is 11.8 Å². The zero-order valence-electron chi connectivity index (χ0n) is 16.2. The summed E-state index contributed by atoms with van der Waals surface area (Å²) in [7, 11) is 0. The number of fused-ring (bicyclic) bond motifs is 1. The van der Waals surface area contributed by atoms with Crippen molar-refractivity contribution >= 4 is 22.7 Å². The van der Waals surface area contributed by atoms with Crippen LogP contribution in [0.1, 0.15) is 39.9 Å². The topological polar surface area (TPSA) is 87.1 Å². The van der Waals surface area contributed by atoms with Crippen molar-refractivity contribution in [3.63, 3.8) is 0 Å². The maximum atomic E-state index is 13.0. The number of hydrogen-bond donors (Lipinski definition) is 1. The van der Waals surface area contributed by atoms with Gasteiger partial charge in [0.05, 0.1) is 17.3 Å². The van der Waals surface area contributed by atoms with Crippen molar-refractivity contribution in [1.29, 1.82) is 0 Å². The molecule has 1 fully saturated rings. The molecule has 0 aliphatic carbocycles. The predicted octanol–water partition coefficient (Wildman–Crippen LogP) is 2.08. The molecule has 1 aliphatic heterocycles. The second-order valence-electron chi connectivity index (χ2n) is 7.02. The van der Waals surface area contributed by atoms with E-state index in [9.17, 15) is 9.59 Å². The maximum Gasteiger partial charge on any atom is 0.275 e. The summed E-state index contributed by atoms with van der Waals surface area (Å²) in [6.45, 7) is 6.88. The van der Waals surface area contributed by atoms with Gasteiger partial charge in [-0.3, -0.25) is 19.4 Å². The smallest absolute Gasteiger partial charge is 0.275 e. The highest BCUT2D eigenvalue weighted by atomic mass is 16.2. The Kier molecular flexibility index (Phi) is 4.85. The van der Waals surface area contributed by atoms with E-state index < -0.39 is 0 Å². The highest BCUT2D eigenvalue weighted by Crippen LogP contribution is 2.19. The minimum Gasteiger partial charge on any atom is -0.337 e. The summed E-state index contributed by atoms with van der Waals surface area (Å²) in [5.74, 6) is -0.113. The number of hydrogen-bond acceptors (Lipinski definition) is 4. The fraction of sp³-hybridized carbons (Fsp3) is 0.400. The van der Waals surface area contributed by atoms with Crippen LogP contribution in [0.2, 0.25) is 0 Å². The van der Waals surface area contributed by atoms with Gasteiger partial charge in [-0.05, 0) is 26.3 Å². The average Bonchev–Trinajstić information content (AvgIpc) is 3.21. The molecule has 1 aromatic carbocycles. The summed E-state index contributed by atoms with van der Waals surface area (Å²) >= 11 is 0. The van der Waals surface area contributed by atoms with Gasteiger partial charge in [-0.2, -0.15) is 10.2 Å². The van der Waals surface area contributed by atoms with E-state index >= 15 is 0 Å². The predicted molar refractivity (Wildman–Crippen MR) is 105 cm³/mol. The zero-order valence-corrected chi connectivity index (χ0v) is 16.2. The molecule has 8 heteroatoms. The van der Waals surface area contributed by atoms with Crippen LogP contribution in [0.5, 0.6) is 0 Å². The first kappa shape index (κ1) is 18.2. The normalized spacial score (nSPS) is 15.1. The molecule has 8 nitrogen and oxygen atoms in total. The van der Waals surface area contributed by atoms with Crippen molar-refractivity contribution in [3.05, 3.63) is 47.4 Å². The highest BCUT2D eigenvalue weighted by molar-refractivity contribution is 6.04. The number of aryl methyl sites for hydroxylation is 1. The molecule has 3 aromatic rings. The van der Waals surface area contributed by atoms with Crippen molar-refractivity contribution < 1.29 is 9.59 Å². The summed E-state index contributed by atoms with van der Waals surface area (Å²) < 4.78 is 1.82. The Hall–Kier alpha value is -3.16. The monoisotopic (exact) mass is 380 g/mol. The van der Waals surface area contributed by atoms with E-state index in [1.165, 1.54) is 0 Å². The Balaban J connectivity index is 1.48. The molecule has 2 aromatic heterocycles.